The highest BCUT2D eigenvalue weighted by Crippen LogP contribution is 2.20. The second-order valence-electron chi connectivity index (χ2n) is 4.45. The maximum absolute atomic E-state index is 13.4. The van der Waals surface area contributed by atoms with Crippen LogP contribution < -0.4 is 5.32 Å². The van der Waals surface area contributed by atoms with E-state index in [0.29, 0.717) is 4.90 Å². The van der Waals surface area contributed by atoms with Gasteiger partial charge < -0.3 is 10.4 Å². The van der Waals surface area contributed by atoms with Crippen molar-refractivity contribution in [2.75, 3.05) is 12.3 Å². The van der Waals surface area contributed by atoms with E-state index in [-0.39, 0.29) is 24.0 Å². The summed E-state index contributed by atoms with van der Waals surface area (Å²) in [6.07, 6.45) is -0.742. The van der Waals surface area contributed by atoms with Gasteiger partial charge in [0.25, 0.3) is 0 Å². The van der Waals surface area contributed by atoms with Crippen molar-refractivity contribution < 1.29 is 14.3 Å². The van der Waals surface area contributed by atoms with E-state index >= 15 is 0 Å². The Morgan fingerprint density at radius 1 is 1.14 bits per heavy atom. The summed E-state index contributed by atoms with van der Waals surface area (Å²) in [5.74, 6) is -0.458. The number of aliphatic hydroxyl groups is 1. The van der Waals surface area contributed by atoms with Gasteiger partial charge in [-0.25, -0.2) is 4.39 Å². The predicted octanol–water partition coefficient (Wildman–Crippen LogP) is 2.77. The Balaban J connectivity index is 1.76. The summed E-state index contributed by atoms with van der Waals surface area (Å²) in [4.78, 5) is 12.1. The van der Waals surface area contributed by atoms with E-state index in [4.69, 9.17) is 0 Å². The third-order valence-corrected chi connectivity index (χ3v) is 3.92. The Morgan fingerprint density at radius 3 is 2.52 bits per heavy atom. The SMILES string of the molecule is O=C(CSc1ccccc1F)NCC(O)c1ccccc1. The van der Waals surface area contributed by atoms with Crippen LogP contribution >= 0.6 is 11.8 Å². The summed E-state index contributed by atoms with van der Waals surface area (Å²) >= 11 is 1.13. The zero-order chi connectivity index (χ0) is 15.1. The summed E-state index contributed by atoms with van der Waals surface area (Å²) in [7, 11) is 0. The van der Waals surface area contributed by atoms with Crippen LogP contribution in [0.1, 0.15) is 11.7 Å². The number of carbonyl (C=O) groups excluding carboxylic acids is 1. The minimum atomic E-state index is -0.742. The molecule has 2 aromatic rings. The number of hydrogen-bond acceptors (Lipinski definition) is 3. The van der Waals surface area contributed by atoms with Gasteiger partial charge in [0.1, 0.15) is 5.82 Å². The Morgan fingerprint density at radius 2 is 1.81 bits per heavy atom. The Kier molecular flexibility index (Phi) is 5.78. The second-order valence-corrected chi connectivity index (χ2v) is 5.47. The monoisotopic (exact) mass is 305 g/mol. The zero-order valence-corrected chi connectivity index (χ0v) is 12.1. The molecule has 1 unspecified atom stereocenters. The lowest BCUT2D eigenvalue weighted by atomic mass is 10.1. The average Bonchev–Trinajstić information content (AvgIpc) is 2.52. The van der Waals surface area contributed by atoms with Gasteiger partial charge in [-0.05, 0) is 17.7 Å². The molecule has 0 radical (unpaired) electrons. The van der Waals surface area contributed by atoms with E-state index < -0.39 is 6.10 Å². The average molecular weight is 305 g/mol. The number of aliphatic hydroxyl groups excluding tert-OH is 1. The second kappa shape index (κ2) is 7.81. The number of nitrogens with one attached hydrogen (secondary N) is 1. The Labute approximate surface area is 127 Å². The molecule has 3 nitrogen and oxygen atoms in total. The van der Waals surface area contributed by atoms with Crippen LogP contribution in [0.4, 0.5) is 4.39 Å². The molecule has 0 spiro atoms. The lowest BCUT2D eigenvalue weighted by Gasteiger charge is -2.12. The van der Waals surface area contributed by atoms with Crippen molar-refractivity contribution in [3.63, 3.8) is 0 Å². The van der Waals surface area contributed by atoms with Crippen LogP contribution in [-0.4, -0.2) is 23.3 Å². The topological polar surface area (TPSA) is 49.3 Å². The molecule has 0 bridgehead atoms. The zero-order valence-electron chi connectivity index (χ0n) is 11.3. The van der Waals surface area contributed by atoms with E-state index in [9.17, 15) is 14.3 Å². The third kappa shape index (κ3) is 4.88. The molecule has 0 saturated carbocycles. The fourth-order valence-corrected chi connectivity index (χ4v) is 2.53. The van der Waals surface area contributed by atoms with Crippen LogP contribution in [0.15, 0.2) is 59.5 Å². The largest absolute Gasteiger partial charge is 0.387 e. The number of benzene rings is 2. The number of halogens is 1. The molecule has 0 aliphatic heterocycles. The summed E-state index contributed by atoms with van der Waals surface area (Å²) in [6.45, 7) is 0.140. The number of hydrogen-bond donors (Lipinski definition) is 2. The fraction of sp³-hybridized carbons (Fsp3) is 0.188. The van der Waals surface area contributed by atoms with Crippen molar-refractivity contribution in [3.8, 4) is 0 Å². The first kappa shape index (κ1) is 15.5. The van der Waals surface area contributed by atoms with Crippen LogP contribution in [0.5, 0.6) is 0 Å². The van der Waals surface area contributed by atoms with Gasteiger partial charge in [0.05, 0.1) is 11.9 Å². The van der Waals surface area contributed by atoms with E-state index in [1.807, 2.05) is 18.2 Å². The molecule has 21 heavy (non-hydrogen) atoms. The molecule has 0 fully saturated rings. The van der Waals surface area contributed by atoms with Crippen LogP contribution in [0.25, 0.3) is 0 Å². The minimum absolute atomic E-state index is 0.114. The van der Waals surface area contributed by atoms with E-state index in [1.54, 1.807) is 30.3 Å². The van der Waals surface area contributed by atoms with Crippen LogP contribution in [0.3, 0.4) is 0 Å². The molecular weight excluding hydrogens is 289 g/mol. The van der Waals surface area contributed by atoms with Gasteiger partial charge in [-0.15, -0.1) is 11.8 Å². The molecule has 2 aromatic carbocycles. The van der Waals surface area contributed by atoms with E-state index in [0.717, 1.165) is 17.3 Å². The first-order chi connectivity index (χ1) is 10.2. The van der Waals surface area contributed by atoms with Crippen molar-refractivity contribution in [3.05, 3.63) is 66.0 Å². The molecule has 1 amide bonds. The highest BCUT2D eigenvalue weighted by atomic mass is 32.2. The Hall–Kier alpha value is -1.85. The van der Waals surface area contributed by atoms with Crippen LogP contribution in [0, 0.1) is 5.82 Å². The molecule has 1 atom stereocenters. The number of carbonyl (C=O) groups is 1. The van der Waals surface area contributed by atoms with Crippen LogP contribution in [0.2, 0.25) is 0 Å². The maximum atomic E-state index is 13.4. The van der Waals surface area contributed by atoms with Crippen molar-refractivity contribution in [2.45, 2.75) is 11.0 Å². The van der Waals surface area contributed by atoms with Gasteiger partial charge in [0.15, 0.2) is 0 Å². The summed E-state index contributed by atoms with van der Waals surface area (Å²) in [5, 5.41) is 12.6. The first-order valence-electron chi connectivity index (χ1n) is 6.54. The highest BCUT2D eigenvalue weighted by molar-refractivity contribution is 8.00. The van der Waals surface area contributed by atoms with Gasteiger partial charge in [-0.1, -0.05) is 42.5 Å². The molecule has 0 heterocycles. The number of rotatable bonds is 6. The molecule has 110 valence electrons. The summed E-state index contributed by atoms with van der Waals surface area (Å²) < 4.78 is 13.4. The highest BCUT2D eigenvalue weighted by Gasteiger charge is 2.10. The third-order valence-electron chi connectivity index (χ3n) is 2.87. The normalized spacial score (nSPS) is 11.9. The molecule has 0 aromatic heterocycles. The molecule has 2 N–H and O–H groups in total. The maximum Gasteiger partial charge on any atom is 0.230 e. The van der Waals surface area contributed by atoms with Gasteiger partial charge in [0.2, 0.25) is 5.91 Å². The van der Waals surface area contributed by atoms with Crippen molar-refractivity contribution in [1.82, 2.24) is 5.32 Å². The molecule has 0 aliphatic rings. The number of amides is 1. The van der Waals surface area contributed by atoms with Crippen LogP contribution in [-0.2, 0) is 4.79 Å². The molecular formula is C16H16FNO2S. The molecule has 2 rings (SSSR count). The quantitative estimate of drug-likeness (QED) is 0.807. The van der Waals surface area contributed by atoms with E-state index in [1.165, 1.54) is 6.07 Å². The standard InChI is InChI=1S/C16H16FNO2S/c17-13-8-4-5-9-15(13)21-11-16(20)18-10-14(19)12-6-2-1-3-7-12/h1-9,14,19H,10-11H2,(H,18,20). The summed E-state index contributed by atoms with van der Waals surface area (Å²) in [6, 6.07) is 15.4. The molecule has 0 aliphatic carbocycles. The first-order valence-corrected chi connectivity index (χ1v) is 7.52. The molecule has 0 saturated heterocycles. The van der Waals surface area contributed by atoms with Crippen molar-refractivity contribution >= 4 is 17.7 Å². The smallest absolute Gasteiger partial charge is 0.230 e. The fourth-order valence-electron chi connectivity index (χ4n) is 1.76. The van der Waals surface area contributed by atoms with E-state index in [2.05, 4.69) is 5.32 Å². The number of thioether (sulfide) groups is 1. The lowest BCUT2D eigenvalue weighted by Crippen LogP contribution is -2.29. The van der Waals surface area contributed by atoms with Gasteiger partial charge >= 0.3 is 0 Å². The van der Waals surface area contributed by atoms with Crippen molar-refractivity contribution in [1.29, 1.82) is 0 Å². The molecule has 5 heteroatoms. The lowest BCUT2D eigenvalue weighted by molar-refractivity contribution is -0.119. The predicted molar refractivity (Wildman–Crippen MR) is 81.5 cm³/mol. The Bertz CT molecular complexity index is 592. The van der Waals surface area contributed by atoms with Gasteiger partial charge in [0, 0.05) is 11.4 Å². The van der Waals surface area contributed by atoms with Crippen molar-refractivity contribution in [2.24, 2.45) is 0 Å². The summed E-state index contributed by atoms with van der Waals surface area (Å²) in [5.41, 5.74) is 0.750. The van der Waals surface area contributed by atoms with Gasteiger partial charge in [-0.3, -0.25) is 4.79 Å². The van der Waals surface area contributed by atoms with Gasteiger partial charge in [-0.2, -0.15) is 0 Å². The minimum Gasteiger partial charge on any atom is -0.387 e.